The van der Waals surface area contributed by atoms with Crippen LogP contribution in [0.2, 0.25) is 0 Å². The first-order chi connectivity index (χ1) is 6.45. The molecule has 0 amide bonds. The Balaban J connectivity index is 0.000000750. The maximum atomic E-state index is 4.26. The van der Waals surface area contributed by atoms with Gasteiger partial charge in [0, 0.05) is 23.8 Å². The van der Waals surface area contributed by atoms with Crippen molar-refractivity contribution in [2.24, 2.45) is 0 Å². The molecule has 0 aliphatic carbocycles. The van der Waals surface area contributed by atoms with Crippen LogP contribution in [0.25, 0.3) is 4.96 Å². The van der Waals surface area contributed by atoms with Crippen molar-refractivity contribution < 1.29 is 0 Å². The number of rotatable bonds is 1. The van der Waals surface area contributed by atoms with Crippen LogP contribution in [0.15, 0.2) is 17.8 Å². The van der Waals surface area contributed by atoms with Crippen LogP contribution < -0.4 is 5.32 Å². The monoisotopic (exact) mass is 229 g/mol. The van der Waals surface area contributed by atoms with Gasteiger partial charge in [-0.05, 0) is 19.4 Å². The van der Waals surface area contributed by atoms with E-state index in [-0.39, 0.29) is 12.4 Å². The molecule has 0 radical (unpaired) electrons. The Labute approximate surface area is 92.6 Å². The van der Waals surface area contributed by atoms with E-state index in [1.165, 1.54) is 18.5 Å². The van der Waals surface area contributed by atoms with Crippen molar-refractivity contribution in [1.29, 1.82) is 0 Å². The van der Waals surface area contributed by atoms with Crippen LogP contribution in [-0.4, -0.2) is 15.9 Å². The lowest BCUT2D eigenvalue weighted by Crippen LogP contribution is -2.14. The second kappa shape index (κ2) is 3.88. The molecule has 0 saturated carbocycles. The molecule has 0 bridgehead atoms. The van der Waals surface area contributed by atoms with Crippen LogP contribution in [-0.2, 0) is 0 Å². The average molecular weight is 230 g/mol. The third-order valence-electron chi connectivity index (χ3n) is 2.59. The lowest BCUT2D eigenvalue weighted by Gasteiger charge is -2.07. The molecule has 1 aliphatic heterocycles. The SMILES string of the molecule is Cl.c1cn2c([C@H]3CCCN3)csc2n1. The zero-order valence-electron chi connectivity index (χ0n) is 7.64. The fourth-order valence-electron chi connectivity index (χ4n) is 1.93. The van der Waals surface area contributed by atoms with E-state index >= 15 is 0 Å². The molecule has 1 atom stereocenters. The minimum atomic E-state index is 0. The number of thiazole rings is 1. The van der Waals surface area contributed by atoms with Crippen LogP contribution in [0.5, 0.6) is 0 Å². The summed E-state index contributed by atoms with van der Waals surface area (Å²) in [6.45, 7) is 1.15. The minimum Gasteiger partial charge on any atom is -0.309 e. The van der Waals surface area contributed by atoms with Crippen LogP contribution in [0.4, 0.5) is 0 Å². The lowest BCUT2D eigenvalue weighted by atomic mass is 10.2. The van der Waals surface area contributed by atoms with Gasteiger partial charge < -0.3 is 5.32 Å². The number of hydrogen-bond acceptors (Lipinski definition) is 3. The highest BCUT2D eigenvalue weighted by Gasteiger charge is 2.19. The first kappa shape index (κ1) is 9.96. The van der Waals surface area contributed by atoms with E-state index in [1.54, 1.807) is 11.3 Å². The highest BCUT2D eigenvalue weighted by atomic mass is 35.5. The summed E-state index contributed by atoms with van der Waals surface area (Å²) in [7, 11) is 0. The van der Waals surface area contributed by atoms with Crippen molar-refractivity contribution in [2.75, 3.05) is 6.54 Å². The van der Waals surface area contributed by atoms with Gasteiger partial charge in [0.05, 0.1) is 5.69 Å². The molecule has 3 heterocycles. The molecule has 3 nitrogen and oxygen atoms in total. The number of nitrogens with zero attached hydrogens (tertiary/aromatic N) is 2. The van der Waals surface area contributed by atoms with E-state index < -0.39 is 0 Å². The van der Waals surface area contributed by atoms with Crippen molar-refractivity contribution in [3.05, 3.63) is 23.5 Å². The van der Waals surface area contributed by atoms with Gasteiger partial charge in [0.1, 0.15) is 0 Å². The fraction of sp³-hybridized carbons (Fsp3) is 0.444. The summed E-state index contributed by atoms with van der Waals surface area (Å²) in [6, 6.07) is 0.544. The van der Waals surface area contributed by atoms with Gasteiger partial charge in [-0.1, -0.05) is 0 Å². The quantitative estimate of drug-likeness (QED) is 0.813. The second-order valence-corrected chi connectivity index (χ2v) is 4.23. The van der Waals surface area contributed by atoms with E-state index in [4.69, 9.17) is 0 Å². The Hall–Kier alpha value is -0.580. The fourth-order valence-corrected chi connectivity index (χ4v) is 2.84. The zero-order chi connectivity index (χ0) is 8.67. The van der Waals surface area contributed by atoms with Crippen molar-refractivity contribution >= 4 is 28.7 Å². The molecule has 0 aromatic carbocycles. The van der Waals surface area contributed by atoms with Gasteiger partial charge in [0.15, 0.2) is 4.96 Å². The summed E-state index contributed by atoms with van der Waals surface area (Å²) < 4.78 is 2.19. The zero-order valence-corrected chi connectivity index (χ0v) is 9.27. The van der Waals surface area contributed by atoms with E-state index in [1.807, 2.05) is 12.4 Å². The maximum absolute atomic E-state index is 4.26. The molecule has 1 saturated heterocycles. The number of nitrogens with one attached hydrogen (secondary N) is 1. The van der Waals surface area contributed by atoms with Gasteiger partial charge in [0.2, 0.25) is 0 Å². The van der Waals surface area contributed by atoms with Crippen molar-refractivity contribution in [2.45, 2.75) is 18.9 Å². The van der Waals surface area contributed by atoms with E-state index in [9.17, 15) is 0 Å². The molecular weight excluding hydrogens is 218 g/mol. The van der Waals surface area contributed by atoms with Crippen LogP contribution >= 0.6 is 23.7 Å². The highest BCUT2D eigenvalue weighted by Crippen LogP contribution is 2.26. The molecule has 1 N–H and O–H groups in total. The molecule has 1 aliphatic rings. The number of halogens is 1. The molecule has 5 heteroatoms. The second-order valence-electron chi connectivity index (χ2n) is 3.39. The van der Waals surface area contributed by atoms with Gasteiger partial charge in [-0.25, -0.2) is 4.98 Å². The lowest BCUT2D eigenvalue weighted by molar-refractivity contribution is 0.623. The summed E-state index contributed by atoms with van der Waals surface area (Å²) in [6.07, 6.45) is 6.45. The smallest absolute Gasteiger partial charge is 0.193 e. The van der Waals surface area contributed by atoms with Crippen LogP contribution in [0, 0.1) is 0 Å². The highest BCUT2D eigenvalue weighted by molar-refractivity contribution is 7.15. The van der Waals surface area contributed by atoms with Crippen LogP contribution in [0.1, 0.15) is 24.6 Å². The summed E-state index contributed by atoms with van der Waals surface area (Å²) >= 11 is 1.72. The van der Waals surface area contributed by atoms with Gasteiger partial charge in [-0.2, -0.15) is 0 Å². The summed E-state index contributed by atoms with van der Waals surface area (Å²) in [5, 5.41) is 5.71. The van der Waals surface area contributed by atoms with Gasteiger partial charge in [-0.15, -0.1) is 23.7 Å². The predicted octanol–water partition coefficient (Wildman–Crippen LogP) is 2.24. The van der Waals surface area contributed by atoms with E-state index in [2.05, 4.69) is 20.1 Å². The largest absolute Gasteiger partial charge is 0.309 e. The molecule has 76 valence electrons. The van der Waals surface area contributed by atoms with Crippen molar-refractivity contribution in [3.8, 4) is 0 Å². The Bertz CT molecular complexity index is 416. The predicted molar refractivity (Wildman–Crippen MR) is 60.3 cm³/mol. The third-order valence-corrected chi connectivity index (χ3v) is 3.46. The summed E-state index contributed by atoms with van der Waals surface area (Å²) in [4.78, 5) is 5.37. The first-order valence-electron chi connectivity index (χ1n) is 4.59. The first-order valence-corrected chi connectivity index (χ1v) is 5.47. The standard InChI is InChI=1S/C9H11N3S.ClH/c1-2-7(10-3-1)8-6-13-9-11-4-5-12(8)9;/h4-7,10H,1-3H2;1H/t7-;/m1./s1. The van der Waals surface area contributed by atoms with Gasteiger partial charge >= 0.3 is 0 Å². The van der Waals surface area contributed by atoms with E-state index in [0.29, 0.717) is 6.04 Å². The number of aromatic nitrogens is 2. The maximum Gasteiger partial charge on any atom is 0.193 e. The third kappa shape index (κ3) is 1.43. The Morgan fingerprint density at radius 1 is 1.57 bits per heavy atom. The number of hydrogen-bond donors (Lipinski definition) is 1. The Morgan fingerprint density at radius 2 is 2.50 bits per heavy atom. The molecule has 2 aromatic rings. The normalized spacial score (nSPS) is 21.3. The molecule has 1 fully saturated rings. The van der Waals surface area contributed by atoms with Gasteiger partial charge in [0.25, 0.3) is 0 Å². The molecule has 2 aromatic heterocycles. The Kier molecular flexibility index (Phi) is 2.76. The summed E-state index contributed by atoms with van der Waals surface area (Å²) in [5.41, 5.74) is 1.37. The van der Waals surface area contributed by atoms with Crippen molar-refractivity contribution in [3.63, 3.8) is 0 Å². The molecule has 0 unspecified atom stereocenters. The molecular formula is C9H12ClN3S. The average Bonchev–Trinajstić information content (AvgIpc) is 2.79. The van der Waals surface area contributed by atoms with Crippen LogP contribution in [0.3, 0.4) is 0 Å². The summed E-state index contributed by atoms with van der Waals surface area (Å²) in [5.74, 6) is 0. The number of fused-ring (bicyclic) bond motifs is 1. The van der Waals surface area contributed by atoms with Crippen molar-refractivity contribution in [1.82, 2.24) is 14.7 Å². The Morgan fingerprint density at radius 3 is 3.29 bits per heavy atom. The minimum absolute atomic E-state index is 0. The topological polar surface area (TPSA) is 29.3 Å². The van der Waals surface area contributed by atoms with Gasteiger partial charge in [-0.3, -0.25) is 4.40 Å². The molecule has 0 spiro atoms. The number of imidazole rings is 1. The molecule has 14 heavy (non-hydrogen) atoms. The van der Waals surface area contributed by atoms with E-state index in [0.717, 1.165) is 11.5 Å². The molecule has 3 rings (SSSR count).